The lowest BCUT2D eigenvalue weighted by molar-refractivity contribution is 0.0474. The standard InChI is InChI=1S/C16H25NO2/c1-13(2)19-15-8-4-3-7-14(15)11-17-12-16(18)9-5-6-10-16/h3-4,7-8,13,17-18H,5-6,9-12H2,1-2H3. The third kappa shape index (κ3) is 4.22. The van der Waals surface area contributed by atoms with Crippen LogP contribution in [0.3, 0.4) is 0 Å². The van der Waals surface area contributed by atoms with E-state index in [-0.39, 0.29) is 6.10 Å². The second kappa shape index (κ2) is 6.40. The fraction of sp³-hybridized carbons (Fsp3) is 0.625. The molecule has 3 heteroatoms. The number of ether oxygens (including phenoxy) is 1. The molecule has 3 nitrogen and oxygen atoms in total. The van der Waals surface area contributed by atoms with Crippen molar-refractivity contribution in [3.05, 3.63) is 29.8 Å². The fourth-order valence-electron chi connectivity index (χ4n) is 2.66. The zero-order chi connectivity index (χ0) is 13.7. The molecule has 0 aliphatic heterocycles. The second-order valence-corrected chi connectivity index (χ2v) is 5.81. The van der Waals surface area contributed by atoms with Crippen molar-refractivity contribution >= 4 is 0 Å². The normalized spacial score (nSPS) is 17.9. The predicted octanol–water partition coefficient (Wildman–Crippen LogP) is 2.87. The van der Waals surface area contributed by atoms with Crippen LogP contribution in [0.15, 0.2) is 24.3 Å². The minimum atomic E-state index is -0.492. The van der Waals surface area contributed by atoms with Gasteiger partial charge in [-0.3, -0.25) is 0 Å². The van der Waals surface area contributed by atoms with Gasteiger partial charge in [0.2, 0.25) is 0 Å². The molecular weight excluding hydrogens is 238 g/mol. The van der Waals surface area contributed by atoms with Gasteiger partial charge in [-0.1, -0.05) is 31.0 Å². The molecule has 0 atom stereocenters. The van der Waals surface area contributed by atoms with E-state index in [1.54, 1.807) is 0 Å². The van der Waals surface area contributed by atoms with Gasteiger partial charge in [0, 0.05) is 18.7 Å². The van der Waals surface area contributed by atoms with Crippen molar-refractivity contribution in [3.63, 3.8) is 0 Å². The first kappa shape index (κ1) is 14.4. The lowest BCUT2D eigenvalue weighted by Crippen LogP contribution is -2.37. The minimum Gasteiger partial charge on any atom is -0.491 e. The van der Waals surface area contributed by atoms with E-state index in [0.29, 0.717) is 6.54 Å². The first-order chi connectivity index (χ1) is 9.09. The summed E-state index contributed by atoms with van der Waals surface area (Å²) in [7, 11) is 0. The van der Waals surface area contributed by atoms with E-state index in [4.69, 9.17) is 4.74 Å². The zero-order valence-corrected chi connectivity index (χ0v) is 12.0. The largest absolute Gasteiger partial charge is 0.491 e. The molecule has 1 saturated carbocycles. The SMILES string of the molecule is CC(C)Oc1ccccc1CNCC1(O)CCCC1. The molecule has 19 heavy (non-hydrogen) atoms. The van der Waals surface area contributed by atoms with Gasteiger partial charge in [-0.2, -0.15) is 0 Å². The molecule has 1 aromatic rings. The van der Waals surface area contributed by atoms with Crippen molar-refractivity contribution in [2.24, 2.45) is 0 Å². The molecule has 0 unspecified atom stereocenters. The smallest absolute Gasteiger partial charge is 0.124 e. The monoisotopic (exact) mass is 263 g/mol. The van der Waals surface area contributed by atoms with Crippen LogP contribution < -0.4 is 10.1 Å². The average Bonchev–Trinajstić information content (AvgIpc) is 2.78. The van der Waals surface area contributed by atoms with Gasteiger partial charge in [0.25, 0.3) is 0 Å². The summed E-state index contributed by atoms with van der Waals surface area (Å²) >= 11 is 0. The summed E-state index contributed by atoms with van der Waals surface area (Å²) in [6.45, 7) is 5.48. The number of aliphatic hydroxyl groups is 1. The molecule has 2 rings (SSSR count). The van der Waals surface area contributed by atoms with Crippen molar-refractivity contribution < 1.29 is 9.84 Å². The van der Waals surface area contributed by atoms with Crippen molar-refractivity contribution in [1.29, 1.82) is 0 Å². The Labute approximate surface area is 116 Å². The Hall–Kier alpha value is -1.06. The molecule has 0 amide bonds. The van der Waals surface area contributed by atoms with Crippen LogP contribution in [-0.2, 0) is 6.54 Å². The lowest BCUT2D eigenvalue weighted by Gasteiger charge is -2.23. The summed E-state index contributed by atoms with van der Waals surface area (Å²) in [6, 6.07) is 8.09. The lowest BCUT2D eigenvalue weighted by atomic mass is 10.0. The maximum absolute atomic E-state index is 10.3. The van der Waals surface area contributed by atoms with E-state index in [9.17, 15) is 5.11 Å². The Morgan fingerprint density at radius 2 is 1.95 bits per heavy atom. The van der Waals surface area contributed by atoms with E-state index < -0.39 is 5.60 Å². The summed E-state index contributed by atoms with van der Waals surface area (Å²) in [5, 5.41) is 13.7. The van der Waals surface area contributed by atoms with Crippen molar-refractivity contribution in [2.45, 2.75) is 57.8 Å². The summed E-state index contributed by atoms with van der Waals surface area (Å²) in [5.41, 5.74) is 0.659. The Kier molecular flexibility index (Phi) is 4.83. The Bertz CT molecular complexity index is 397. The molecule has 0 bridgehead atoms. The molecule has 0 heterocycles. The molecular formula is C16H25NO2. The molecule has 0 spiro atoms. The van der Waals surface area contributed by atoms with Gasteiger partial charge < -0.3 is 15.2 Å². The van der Waals surface area contributed by atoms with Crippen LogP contribution in [0, 0.1) is 0 Å². The number of hydrogen-bond donors (Lipinski definition) is 2. The Morgan fingerprint density at radius 3 is 2.63 bits per heavy atom. The molecule has 0 saturated heterocycles. The van der Waals surface area contributed by atoms with Crippen LogP contribution >= 0.6 is 0 Å². The van der Waals surface area contributed by atoms with Crippen LogP contribution in [0.25, 0.3) is 0 Å². The molecule has 1 aliphatic carbocycles. The van der Waals surface area contributed by atoms with Gasteiger partial charge in [-0.05, 0) is 32.8 Å². The molecule has 0 aromatic heterocycles. The number of benzene rings is 1. The van der Waals surface area contributed by atoms with Gasteiger partial charge in [0.05, 0.1) is 11.7 Å². The number of hydrogen-bond acceptors (Lipinski definition) is 3. The minimum absolute atomic E-state index is 0.181. The quantitative estimate of drug-likeness (QED) is 0.829. The summed E-state index contributed by atoms with van der Waals surface area (Å²) in [4.78, 5) is 0. The van der Waals surface area contributed by atoms with E-state index in [0.717, 1.165) is 43.5 Å². The maximum Gasteiger partial charge on any atom is 0.124 e. The van der Waals surface area contributed by atoms with Gasteiger partial charge in [0.15, 0.2) is 0 Å². The highest BCUT2D eigenvalue weighted by molar-refractivity contribution is 5.33. The van der Waals surface area contributed by atoms with Gasteiger partial charge in [0.1, 0.15) is 5.75 Å². The number of rotatable bonds is 6. The summed E-state index contributed by atoms with van der Waals surface area (Å²) < 4.78 is 5.79. The highest BCUT2D eigenvalue weighted by Gasteiger charge is 2.30. The second-order valence-electron chi connectivity index (χ2n) is 5.81. The highest BCUT2D eigenvalue weighted by atomic mass is 16.5. The first-order valence-electron chi connectivity index (χ1n) is 7.27. The molecule has 1 aliphatic rings. The zero-order valence-electron chi connectivity index (χ0n) is 12.0. The maximum atomic E-state index is 10.3. The van der Waals surface area contributed by atoms with Crippen LogP contribution in [-0.4, -0.2) is 23.4 Å². The van der Waals surface area contributed by atoms with E-state index >= 15 is 0 Å². The summed E-state index contributed by atoms with van der Waals surface area (Å²) in [6.07, 6.45) is 4.31. The van der Waals surface area contributed by atoms with Crippen molar-refractivity contribution in [3.8, 4) is 5.75 Å². The molecule has 1 fully saturated rings. The number of para-hydroxylation sites is 1. The van der Waals surface area contributed by atoms with Gasteiger partial charge >= 0.3 is 0 Å². The third-order valence-electron chi connectivity index (χ3n) is 3.64. The molecule has 2 N–H and O–H groups in total. The Balaban J connectivity index is 1.88. The summed E-state index contributed by atoms with van der Waals surface area (Å²) in [5.74, 6) is 0.934. The molecule has 1 aromatic carbocycles. The molecule has 106 valence electrons. The van der Waals surface area contributed by atoms with E-state index in [1.165, 1.54) is 0 Å². The predicted molar refractivity (Wildman–Crippen MR) is 77.3 cm³/mol. The van der Waals surface area contributed by atoms with Gasteiger partial charge in [-0.15, -0.1) is 0 Å². The Morgan fingerprint density at radius 1 is 1.26 bits per heavy atom. The van der Waals surface area contributed by atoms with Gasteiger partial charge in [-0.25, -0.2) is 0 Å². The van der Waals surface area contributed by atoms with E-state index in [2.05, 4.69) is 11.4 Å². The van der Waals surface area contributed by atoms with Crippen LogP contribution in [0.2, 0.25) is 0 Å². The highest BCUT2D eigenvalue weighted by Crippen LogP contribution is 2.28. The average molecular weight is 263 g/mol. The number of nitrogens with one attached hydrogen (secondary N) is 1. The van der Waals surface area contributed by atoms with Crippen LogP contribution in [0.1, 0.15) is 45.1 Å². The third-order valence-corrected chi connectivity index (χ3v) is 3.64. The van der Waals surface area contributed by atoms with E-state index in [1.807, 2.05) is 32.0 Å². The topological polar surface area (TPSA) is 41.5 Å². The first-order valence-corrected chi connectivity index (χ1v) is 7.27. The van der Waals surface area contributed by atoms with Crippen LogP contribution in [0.5, 0.6) is 5.75 Å². The van der Waals surface area contributed by atoms with Crippen molar-refractivity contribution in [1.82, 2.24) is 5.32 Å². The fourth-order valence-corrected chi connectivity index (χ4v) is 2.66. The van der Waals surface area contributed by atoms with Crippen LogP contribution in [0.4, 0.5) is 0 Å². The van der Waals surface area contributed by atoms with Crippen molar-refractivity contribution in [2.75, 3.05) is 6.54 Å². The molecule has 0 radical (unpaired) electrons.